The van der Waals surface area contributed by atoms with Gasteiger partial charge >= 0.3 is 0 Å². The molecule has 3 rings (SSSR count). The van der Waals surface area contributed by atoms with Crippen molar-refractivity contribution in [1.29, 1.82) is 0 Å². The highest BCUT2D eigenvalue weighted by atomic mass is 16.1. The minimum atomic E-state index is -0.247. The highest BCUT2D eigenvalue weighted by Crippen LogP contribution is 2.23. The lowest BCUT2D eigenvalue weighted by atomic mass is 10.0. The van der Waals surface area contributed by atoms with Gasteiger partial charge in [-0.1, -0.05) is 25.1 Å². The molecule has 2 unspecified atom stereocenters. The maximum atomic E-state index is 12.3. The molecule has 0 saturated carbocycles. The molecule has 0 fully saturated rings. The second-order valence-corrected chi connectivity index (χ2v) is 6.38. The van der Waals surface area contributed by atoms with Crippen LogP contribution in [0.3, 0.4) is 0 Å². The van der Waals surface area contributed by atoms with Crippen molar-refractivity contribution in [3.63, 3.8) is 0 Å². The monoisotopic (exact) mass is 349 g/mol. The standard InChI is InChI=1S/C20H23N5O/c1-14(15(2)21)20(26)23-12-17-13-25(18-6-4-3-5-7-18)24-19(17)16-8-10-22-11-9-16/h3-11,13-15H,12,21H2,1-2H3,(H,23,26). The van der Waals surface area contributed by atoms with Crippen molar-refractivity contribution < 1.29 is 4.79 Å². The lowest BCUT2D eigenvalue weighted by Gasteiger charge is -2.15. The topological polar surface area (TPSA) is 85.8 Å². The number of carbonyl (C=O) groups is 1. The number of hydrogen-bond acceptors (Lipinski definition) is 4. The second kappa shape index (κ2) is 7.93. The van der Waals surface area contributed by atoms with Crippen molar-refractivity contribution >= 4 is 5.91 Å². The van der Waals surface area contributed by atoms with E-state index in [4.69, 9.17) is 10.8 Å². The zero-order valence-electron chi connectivity index (χ0n) is 15.0. The Morgan fingerprint density at radius 3 is 2.50 bits per heavy atom. The molecule has 0 saturated heterocycles. The molecule has 2 atom stereocenters. The van der Waals surface area contributed by atoms with E-state index in [0.717, 1.165) is 22.5 Å². The van der Waals surface area contributed by atoms with E-state index >= 15 is 0 Å². The molecular weight excluding hydrogens is 326 g/mol. The number of hydrogen-bond donors (Lipinski definition) is 2. The predicted octanol–water partition coefficient (Wildman–Crippen LogP) is 2.53. The molecule has 0 bridgehead atoms. The SMILES string of the molecule is CC(N)C(C)C(=O)NCc1cn(-c2ccccc2)nc1-c1ccncc1. The molecule has 0 radical (unpaired) electrons. The van der Waals surface area contributed by atoms with E-state index in [1.165, 1.54) is 0 Å². The summed E-state index contributed by atoms with van der Waals surface area (Å²) in [5, 5.41) is 7.69. The number of carbonyl (C=O) groups excluding carboxylic acids is 1. The fourth-order valence-corrected chi connectivity index (χ4v) is 2.59. The lowest BCUT2D eigenvalue weighted by molar-refractivity contribution is -0.125. The van der Waals surface area contributed by atoms with Crippen LogP contribution in [0.1, 0.15) is 19.4 Å². The van der Waals surface area contributed by atoms with Crippen LogP contribution in [0.4, 0.5) is 0 Å². The van der Waals surface area contributed by atoms with Crippen LogP contribution in [0, 0.1) is 5.92 Å². The van der Waals surface area contributed by atoms with E-state index in [9.17, 15) is 4.79 Å². The Hall–Kier alpha value is -2.99. The van der Waals surface area contributed by atoms with Crippen molar-refractivity contribution in [2.24, 2.45) is 11.7 Å². The zero-order valence-corrected chi connectivity index (χ0v) is 15.0. The van der Waals surface area contributed by atoms with Gasteiger partial charge in [0.25, 0.3) is 0 Å². The molecule has 6 nitrogen and oxygen atoms in total. The van der Waals surface area contributed by atoms with Crippen LogP contribution in [-0.4, -0.2) is 26.7 Å². The molecule has 1 amide bonds. The summed E-state index contributed by atoms with van der Waals surface area (Å²) in [4.78, 5) is 16.3. The summed E-state index contributed by atoms with van der Waals surface area (Å²) in [6, 6.07) is 13.5. The first-order chi connectivity index (χ1) is 12.6. The number of amides is 1. The van der Waals surface area contributed by atoms with Crippen LogP contribution < -0.4 is 11.1 Å². The van der Waals surface area contributed by atoms with Gasteiger partial charge in [-0.25, -0.2) is 4.68 Å². The minimum Gasteiger partial charge on any atom is -0.352 e. The number of nitrogens with two attached hydrogens (primary N) is 1. The Morgan fingerprint density at radius 2 is 1.85 bits per heavy atom. The Kier molecular flexibility index (Phi) is 5.43. The van der Waals surface area contributed by atoms with E-state index in [0.29, 0.717) is 6.54 Å². The number of para-hydroxylation sites is 1. The van der Waals surface area contributed by atoms with Gasteiger partial charge in [0, 0.05) is 48.2 Å². The number of benzene rings is 1. The molecule has 2 heterocycles. The summed E-state index contributed by atoms with van der Waals surface area (Å²) >= 11 is 0. The Bertz CT molecular complexity index is 858. The fourth-order valence-electron chi connectivity index (χ4n) is 2.59. The molecule has 0 aliphatic rings. The van der Waals surface area contributed by atoms with Gasteiger partial charge in [-0.2, -0.15) is 5.10 Å². The van der Waals surface area contributed by atoms with Crippen LogP contribution in [0.25, 0.3) is 16.9 Å². The molecule has 1 aromatic carbocycles. The third kappa shape index (κ3) is 3.97. The number of rotatable bonds is 6. The summed E-state index contributed by atoms with van der Waals surface area (Å²) in [6.45, 7) is 4.05. The average molecular weight is 349 g/mol. The van der Waals surface area contributed by atoms with Gasteiger partial charge < -0.3 is 11.1 Å². The number of aromatic nitrogens is 3. The highest BCUT2D eigenvalue weighted by molar-refractivity contribution is 5.79. The Morgan fingerprint density at radius 1 is 1.15 bits per heavy atom. The smallest absolute Gasteiger partial charge is 0.224 e. The molecule has 134 valence electrons. The van der Waals surface area contributed by atoms with E-state index in [1.807, 2.05) is 67.2 Å². The first-order valence-corrected chi connectivity index (χ1v) is 8.64. The van der Waals surface area contributed by atoms with Gasteiger partial charge in [0.2, 0.25) is 5.91 Å². The molecule has 26 heavy (non-hydrogen) atoms. The van der Waals surface area contributed by atoms with Gasteiger partial charge in [-0.15, -0.1) is 0 Å². The number of pyridine rings is 1. The molecular formula is C20H23N5O. The molecule has 3 aromatic rings. The second-order valence-electron chi connectivity index (χ2n) is 6.38. The van der Waals surface area contributed by atoms with Gasteiger partial charge in [-0.05, 0) is 31.2 Å². The summed E-state index contributed by atoms with van der Waals surface area (Å²) in [6.07, 6.45) is 5.41. The highest BCUT2D eigenvalue weighted by Gasteiger charge is 2.18. The van der Waals surface area contributed by atoms with Gasteiger partial charge in [-0.3, -0.25) is 9.78 Å². The van der Waals surface area contributed by atoms with Crippen molar-refractivity contribution in [3.05, 3.63) is 66.6 Å². The molecule has 3 N–H and O–H groups in total. The minimum absolute atomic E-state index is 0.0619. The van der Waals surface area contributed by atoms with Crippen molar-refractivity contribution in [1.82, 2.24) is 20.1 Å². The first kappa shape index (κ1) is 17.8. The Labute approximate surface area is 153 Å². The molecule has 0 aliphatic carbocycles. The summed E-state index contributed by atoms with van der Waals surface area (Å²) in [7, 11) is 0. The van der Waals surface area contributed by atoms with E-state index in [-0.39, 0.29) is 17.9 Å². The molecule has 0 spiro atoms. The summed E-state index contributed by atoms with van der Waals surface area (Å²) in [5.41, 5.74) is 9.50. The first-order valence-electron chi connectivity index (χ1n) is 8.64. The van der Waals surface area contributed by atoms with Crippen LogP contribution in [0.2, 0.25) is 0 Å². The number of nitrogens with one attached hydrogen (secondary N) is 1. The third-order valence-electron chi connectivity index (χ3n) is 4.42. The van der Waals surface area contributed by atoms with Gasteiger partial charge in [0.05, 0.1) is 11.4 Å². The van der Waals surface area contributed by atoms with Crippen molar-refractivity contribution in [3.8, 4) is 16.9 Å². The van der Waals surface area contributed by atoms with Crippen LogP contribution in [-0.2, 0) is 11.3 Å². The summed E-state index contributed by atoms with van der Waals surface area (Å²) in [5.74, 6) is -0.309. The Balaban J connectivity index is 1.90. The normalized spacial score (nSPS) is 13.2. The molecule has 2 aromatic heterocycles. The van der Waals surface area contributed by atoms with Gasteiger partial charge in [0.15, 0.2) is 0 Å². The van der Waals surface area contributed by atoms with E-state index < -0.39 is 0 Å². The van der Waals surface area contributed by atoms with E-state index in [1.54, 1.807) is 12.4 Å². The maximum absolute atomic E-state index is 12.3. The largest absolute Gasteiger partial charge is 0.352 e. The van der Waals surface area contributed by atoms with Gasteiger partial charge in [0.1, 0.15) is 0 Å². The molecule has 6 heteroatoms. The average Bonchev–Trinajstić information content (AvgIpc) is 3.11. The predicted molar refractivity (Wildman–Crippen MR) is 101 cm³/mol. The summed E-state index contributed by atoms with van der Waals surface area (Å²) < 4.78 is 1.83. The van der Waals surface area contributed by atoms with Crippen LogP contribution >= 0.6 is 0 Å². The third-order valence-corrected chi connectivity index (χ3v) is 4.42. The lowest BCUT2D eigenvalue weighted by Crippen LogP contribution is -2.38. The number of nitrogens with zero attached hydrogens (tertiary/aromatic N) is 3. The quantitative estimate of drug-likeness (QED) is 0.716. The van der Waals surface area contributed by atoms with E-state index in [2.05, 4.69) is 10.3 Å². The van der Waals surface area contributed by atoms with Crippen molar-refractivity contribution in [2.45, 2.75) is 26.4 Å². The van der Waals surface area contributed by atoms with Crippen molar-refractivity contribution in [2.75, 3.05) is 0 Å². The van der Waals surface area contributed by atoms with Crippen LogP contribution in [0.5, 0.6) is 0 Å². The fraction of sp³-hybridized carbons (Fsp3) is 0.250. The zero-order chi connectivity index (χ0) is 18.5. The van der Waals surface area contributed by atoms with Crippen LogP contribution in [0.15, 0.2) is 61.1 Å². The maximum Gasteiger partial charge on any atom is 0.224 e. The molecule has 0 aliphatic heterocycles.